The number of carbonyl (C=O) groups excluding carboxylic acids is 1. The predicted molar refractivity (Wildman–Crippen MR) is 79.7 cm³/mol. The molecule has 0 spiro atoms. The first-order chi connectivity index (χ1) is 9.24. The molecule has 3 rings (SSSR count). The van der Waals surface area contributed by atoms with Crippen LogP contribution in [-0.2, 0) is 0 Å². The second-order valence-electron chi connectivity index (χ2n) is 4.69. The highest BCUT2D eigenvalue weighted by molar-refractivity contribution is 9.11. The number of hydrogen-bond acceptors (Lipinski definition) is 3. The Morgan fingerprint density at radius 1 is 1.47 bits per heavy atom. The molecule has 0 unspecified atom stereocenters. The Morgan fingerprint density at radius 2 is 2.26 bits per heavy atom. The molecule has 1 amide bonds. The van der Waals surface area contributed by atoms with Crippen LogP contribution in [0.3, 0.4) is 0 Å². The molecule has 1 aliphatic rings. The maximum absolute atomic E-state index is 12.1. The van der Waals surface area contributed by atoms with E-state index in [0.29, 0.717) is 11.6 Å². The van der Waals surface area contributed by atoms with Gasteiger partial charge in [0.2, 0.25) is 0 Å². The van der Waals surface area contributed by atoms with Crippen molar-refractivity contribution in [2.75, 3.05) is 5.32 Å². The molecule has 19 heavy (non-hydrogen) atoms. The average molecular weight is 340 g/mol. The zero-order chi connectivity index (χ0) is 13.2. The molecule has 0 aromatic carbocycles. The second-order valence-corrected chi connectivity index (χ2v) is 6.98. The fraction of sp³-hybridized carbons (Fsp3) is 0.385. The molecular weight excluding hydrogens is 326 g/mol. The summed E-state index contributed by atoms with van der Waals surface area (Å²) in [6, 6.07) is 4.12. The van der Waals surface area contributed by atoms with E-state index in [4.69, 9.17) is 0 Å². The summed E-state index contributed by atoms with van der Waals surface area (Å²) in [7, 11) is 0. The van der Waals surface area contributed by atoms with E-state index in [1.165, 1.54) is 24.2 Å². The van der Waals surface area contributed by atoms with Crippen molar-refractivity contribution in [1.29, 1.82) is 0 Å². The monoisotopic (exact) mass is 339 g/mol. The number of nitrogens with zero attached hydrogens (tertiary/aromatic N) is 2. The van der Waals surface area contributed by atoms with Crippen molar-refractivity contribution in [2.45, 2.75) is 31.7 Å². The molecule has 1 fully saturated rings. The van der Waals surface area contributed by atoms with E-state index in [0.717, 1.165) is 22.4 Å². The molecule has 0 atom stereocenters. The summed E-state index contributed by atoms with van der Waals surface area (Å²) in [4.78, 5) is 12.1. The van der Waals surface area contributed by atoms with Crippen LogP contribution in [0, 0.1) is 0 Å². The van der Waals surface area contributed by atoms with Gasteiger partial charge < -0.3 is 5.32 Å². The number of thiophene rings is 1. The normalized spacial score (nSPS) is 15.8. The molecule has 0 radical (unpaired) electrons. The number of anilines is 1. The highest BCUT2D eigenvalue weighted by atomic mass is 79.9. The number of carbonyl (C=O) groups is 1. The highest BCUT2D eigenvalue weighted by Crippen LogP contribution is 2.31. The van der Waals surface area contributed by atoms with Crippen molar-refractivity contribution < 1.29 is 4.79 Å². The molecule has 0 aliphatic heterocycles. The molecule has 2 heterocycles. The number of hydrogen-bond donors (Lipinski definition) is 1. The Bertz CT molecular complexity index is 586. The first-order valence-electron chi connectivity index (χ1n) is 6.33. The summed E-state index contributed by atoms with van der Waals surface area (Å²) >= 11 is 4.88. The van der Waals surface area contributed by atoms with E-state index < -0.39 is 0 Å². The standard InChI is InChI=1S/C13H14BrN3OS/c14-11-7-9(8-19-11)13(18)16-12-5-6-15-17(12)10-3-1-2-4-10/h5-8,10H,1-4H2,(H,16,18). The average Bonchev–Trinajstić information content (AvgIpc) is 3.07. The Balaban J connectivity index is 1.76. The molecule has 0 bridgehead atoms. The summed E-state index contributed by atoms with van der Waals surface area (Å²) < 4.78 is 2.91. The lowest BCUT2D eigenvalue weighted by molar-refractivity contribution is 0.102. The summed E-state index contributed by atoms with van der Waals surface area (Å²) in [5.41, 5.74) is 0.677. The van der Waals surface area contributed by atoms with Gasteiger partial charge in [-0.3, -0.25) is 4.79 Å². The van der Waals surface area contributed by atoms with Gasteiger partial charge in [-0.05, 0) is 34.8 Å². The van der Waals surface area contributed by atoms with Crippen LogP contribution in [0.5, 0.6) is 0 Å². The maximum Gasteiger partial charge on any atom is 0.257 e. The van der Waals surface area contributed by atoms with Crippen LogP contribution in [0.15, 0.2) is 27.5 Å². The molecule has 4 nitrogen and oxygen atoms in total. The summed E-state index contributed by atoms with van der Waals surface area (Å²) in [6.45, 7) is 0. The molecule has 2 aromatic rings. The Labute approximate surface area is 123 Å². The topological polar surface area (TPSA) is 46.9 Å². The van der Waals surface area contributed by atoms with Gasteiger partial charge in [-0.1, -0.05) is 12.8 Å². The van der Waals surface area contributed by atoms with Crippen LogP contribution in [0.25, 0.3) is 0 Å². The van der Waals surface area contributed by atoms with Gasteiger partial charge in [0.15, 0.2) is 0 Å². The van der Waals surface area contributed by atoms with Crippen molar-refractivity contribution in [2.24, 2.45) is 0 Å². The van der Waals surface area contributed by atoms with Crippen molar-refractivity contribution in [3.8, 4) is 0 Å². The van der Waals surface area contributed by atoms with Gasteiger partial charge in [0.25, 0.3) is 5.91 Å². The molecule has 1 saturated carbocycles. The molecule has 0 saturated heterocycles. The smallest absolute Gasteiger partial charge is 0.257 e. The molecular formula is C13H14BrN3OS. The molecule has 2 aromatic heterocycles. The lowest BCUT2D eigenvalue weighted by Gasteiger charge is -2.14. The van der Waals surface area contributed by atoms with Crippen LogP contribution in [0.2, 0.25) is 0 Å². The number of aromatic nitrogens is 2. The van der Waals surface area contributed by atoms with Gasteiger partial charge in [-0.2, -0.15) is 5.10 Å². The van der Waals surface area contributed by atoms with E-state index in [2.05, 4.69) is 26.3 Å². The van der Waals surface area contributed by atoms with Crippen molar-refractivity contribution in [3.63, 3.8) is 0 Å². The summed E-state index contributed by atoms with van der Waals surface area (Å²) in [6.07, 6.45) is 6.53. The molecule has 1 aliphatic carbocycles. The highest BCUT2D eigenvalue weighted by Gasteiger charge is 2.20. The summed E-state index contributed by atoms with van der Waals surface area (Å²) in [5.74, 6) is 0.709. The SMILES string of the molecule is O=C(Nc1ccnn1C1CCCC1)c1csc(Br)c1. The van der Waals surface area contributed by atoms with E-state index in [9.17, 15) is 4.79 Å². The minimum atomic E-state index is -0.0818. The lowest BCUT2D eigenvalue weighted by Crippen LogP contribution is -2.17. The van der Waals surface area contributed by atoms with Crippen LogP contribution < -0.4 is 5.32 Å². The van der Waals surface area contributed by atoms with Gasteiger partial charge >= 0.3 is 0 Å². The lowest BCUT2D eigenvalue weighted by atomic mass is 10.2. The zero-order valence-corrected chi connectivity index (χ0v) is 12.7. The number of nitrogens with one attached hydrogen (secondary N) is 1. The first-order valence-corrected chi connectivity index (χ1v) is 8.00. The largest absolute Gasteiger partial charge is 0.307 e. The second kappa shape index (κ2) is 5.46. The van der Waals surface area contributed by atoms with Crippen LogP contribution in [0.1, 0.15) is 42.1 Å². The van der Waals surface area contributed by atoms with Gasteiger partial charge in [0, 0.05) is 11.4 Å². The number of rotatable bonds is 3. The predicted octanol–water partition coefficient (Wildman–Crippen LogP) is 4.07. The minimum absolute atomic E-state index is 0.0818. The van der Waals surface area contributed by atoms with Gasteiger partial charge in [-0.15, -0.1) is 11.3 Å². The quantitative estimate of drug-likeness (QED) is 0.915. The Kier molecular flexibility index (Phi) is 3.70. The van der Waals surface area contributed by atoms with Crippen molar-refractivity contribution >= 4 is 39.0 Å². The number of halogens is 1. The van der Waals surface area contributed by atoms with Crippen molar-refractivity contribution in [1.82, 2.24) is 9.78 Å². The zero-order valence-electron chi connectivity index (χ0n) is 10.3. The maximum atomic E-state index is 12.1. The first kappa shape index (κ1) is 12.9. The Morgan fingerprint density at radius 3 is 2.95 bits per heavy atom. The van der Waals surface area contributed by atoms with E-state index >= 15 is 0 Å². The van der Waals surface area contributed by atoms with Crippen LogP contribution in [0.4, 0.5) is 5.82 Å². The third kappa shape index (κ3) is 2.74. The number of amides is 1. The van der Waals surface area contributed by atoms with E-state index in [-0.39, 0.29) is 5.91 Å². The molecule has 6 heteroatoms. The molecule has 100 valence electrons. The third-order valence-corrected chi connectivity index (χ3v) is 4.92. The summed E-state index contributed by atoms with van der Waals surface area (Å²) in [5, 5.41) is 9.13. The van der Waals surface area contributed by atoms with E-state index in [1.54, 1.807) is 6.20 Å². The van der Waals surface area contributed by atoms with Gasteiger partial charge in [-0.25, -0.2) is 4.68 Å². The fourth-order valence-electron chi connectivity index (χ4n) is 2.47. The van der Waals surface area contributed by atoms with Gasteiger partial charge in [0.1, 0.15) is 5.82 Å². The van der Waals surface area contributed by atoms with Crippen LogP contribution in [-0.4, -0.2) is 15.7 Å². The third-order valence-electron chi connectivity index (χ3n) is 3.41. The van der Waals surface area contributed by atoms with Crippen LogP contribution >= 0.6 is 27.3 Å². The minimum Gasteiger partial charge on any atom is -0.307 e. The van der Waals surface area contributed by atoms with Gasteiger partial charge in [0.05, 0.1) is 21.6 Å². The van der Waals surface area contributed by atoms with E-state index in [1.807, 2.05) is 22.2 Å². The van der Waals surface area contributed by atoms with Crippen molar-refractivity contribution in [3.05, 3.63) is 33.1 Å². The molecule has 1 N–H and O–H groups in total. The fourth-order valence-corrected chi connectivity index (χ4v) is 3.61. The Hall–Kier alpha value is -1.14.